The maximum absolute atomic E-state index is 14.3. The van der Waals surface area contributed by atoms with Crippen LogP contribution in [0.25, 0.3) is 11.0 Å². The fourth-order valence-electron chi connectivity index (χ4n) is 2.59. The summed E-state index contributed by atoms with van der Waals surface area (Å²) in [4.78, 5) is 21.8. The number of nitrogens with zero attached hydrogens (tertiary/aromatic N) is 1. The molecule has 2 heterocycles. The molecule has 164 valence electrons. The van der Waals surface area contributed by atoms with E-state index < -0.39 is 29.2 Å². The van der Waals surface area contributed by atoms with E-state index in [1.54, 1.807) is 29.5 Å². The average Bonchev–Trinajstić information content (AvgIpc) is 3.07. The summed E-state index contributed by atoms with van der Waals surface area (Å²) in [7, 11) is 0. The van der Waals surface area contributed by atoms with Crippen molar-refractivity contribution in [2.24, 2.45) is 5.92 Å². The Morgan fingerprint density at radius 1 is 1.32 bits per heavy atom. The van der Waals surface area contributed by atoms with Crippen LogP contribution in [0.15, 0.2) is 47.5 Å². The number of aliphatic hydroxyl groups excluding tert-OH is 1. The number of aliphatic hydroxyl groups is 1. The average molecular weight is 545 g/mol. The predicted molar refractivity (Wildman–Crippen MR) is 117 cm³/mol. The van der Waals surface area contributed by atoms with Crippen LogP contribution >= 0.6 is 22.6 Å². The Morgan fingerprint density at radius 3 is 2.71 bits per heavy atom. The number of fused-ring (bicyclic) bond motifs is 1. The third-order valence-electron chi connectivity index (χ3n) is 4.02. The minimum Gasteiger partial charge on any atom is -0.481 e. The van der Waals surface area contributed by atoms with E-state index in [1.807, 2.05) is 0 Å². The molecule has 31 heavy (non-hydrogen) atoms. The molecule has 0 aliphatic rings. The summed E-state index contributed by atoms with van der Waals surface area (Å²) in [6, 6.07) is 3.82. The Morgan fingerprint density at radius 2 is 2.03 bits per heavy atom. The van der Waals surface area contributed by atoms with Crippen molar-refractivity contribution < 1.29 is 32.7 Å². The number of amides is 1. The van der Waals surface area contributed by atoms with Gasteiger partial charge in [0.25, 0.3) is 5.95 Å². The third kappa shape index (κ3) is 5.61. The molecule has 11 heteroatoms. The molecule has 0 bridgehead atoms. The van der Waals surface area contributed by atoms with Crippen LogP contribution in [0.2, 0.25) is 0 Å². The summed E-state index contributed by atoms with van der Waals surface area (Å²) < 4.78 is 39.5. The highest BCUT2D eigenvalue weighted by Crippen LogP contribution is 2.34. The van der Waals surface area contributed by atoms with Crippen LogP contribution in [0.4, 0.5) is 20.2 Å². The van der Waals surface area contributed by atoms with Gasteiger partial charge in [0.1, 0.15) is 17.0 Å². The molecule has 0 saturated heterocycles. The van der Waals surface area contributed by atoms with Crippen LogP contribution in [0.3, 0.4) is 0 Å². The maximum Gasteiger partial charge on any atom is 0.312 e. The Bertz CT molecular complexity index is 1100. The van der Waals surface area contributed by atoms with Crippen molar-refractivity contribution in [2.75, 3.05) is 18.5 Å². The molecule has 0 radical (unpaired) electrons. The zero-order valence-corrected chi connectivity index (χ0v) is 18.4. The Balaban J connectivity index is 1.81. The van der Waals surface area contributed by atoms with Gasteiger partial charge in [0, 0.05) is 21.9 Å². The van der Waals surface area contributed by atoms with E-state index in [2.05, 4.69) is 22.4 Å². The molecular formula is C20H18F2IN3O5. The van der Waals surface area contributed by atoms with Gasteiger partial charge in [-0.3, -0.25) is 14.6 Å². The maximum atomic E-state index is 14.3. The second kappa shape index (κ2) is 9.92. The van der Waals surface area contributed by atoms with Crippen molar-refractivity contribution in [3.05, 3.63) is 64.1 Å². The minimum atomic E-state index is -0.829. The second-order valence-electron chi connectivity index (χ2n) is 6.60. The number of carbonyl (C=O) groups is 1. The second-order valence-corrected chi connectivity index (χ2v) is 7.85. The van der Waals surface area contributed by atoms with E-state index in [1.165, 1.54) is 18.5 Å². The van der Waals surface area contributed by atoms with E-state index in [4.69, 9.17) is 19.1 Å². The molecule has 8 nitrogen and oxygen atoms in total. The first-order valence-corrected chi connectivity index (χ1v) is 10.0. The first-order chi connectivity index (χ1) is 14.8. The lowest BCUT2D eigenvalue weighted by molar-refractivity contribution is -0.00425. The zero-order chi connectivity index (χ0) is 22.5. The van der Waals surface area contributed by atoms with Crippen LogP contribution in [-0.2, 0) is 9.57 Å². The Kier molecular flexibility index (Phi) is 7.28. The van der Waals surface area contributed by atoms with Crippen LogP contribution < -0.4 is 10.8 Å². The van der Waals surface area contributed by atoms with Gasteiger partial charge in [-0.1, -0.05) is 6.92 Å². The van der Waals surface area contributed by atoms with Crippen molar-refractivity contribution in [2.45, 2.75) is 6.92 Å². The van der Waals surface area contributed by atoms with Gasteiger partial charge in [-0.05, 0) is 47.4 Å². The number of nitrogens with one attached hydrogen (secondary N) is 2. The summed E-state index contributed by atoms with van der Waals surface area (Å²) in [5.41, 5.74) is 2.11. The fourth-order valence-corrected chi connectivity index (χ4v) is 3.14. The van der Waals surface area contributed by atoms with Crippen molar-refractivity contribution in [3.63, 3.8) is 0 Å². The zero-order valence-electron chi connectivity index (χ0n) is 16.2. The summed E-state index contributed by atoms with van der Waals surface area (Å²) in [5, 5.41) is 11.9. The lowest BCUT2D eigenvalue weighted by Gasteiger charge is -2.13. The standard InChI is InChI=1S/C20H18F2IN3O5/c1-10(8-29-11(2)27)9-30-26-20(28)19-17(13-7-24-4-3-16(13)31-19)25-18-14(21)5-12(23)6-15(18)22/h3-7,10,25,27H,2,8-9H2,1H3,(H,26,28)/t10-/m1/s1. The van der Waals surface area contributed by atoms with E-state index in [0.717, 1.165) is 12.1 Å². The first-order valence-electron chi connectivity index (χ1n) is 8.97. The number of halogens is 3. The summed E-state index contributed by atoms with van der Waals surface area (Å²) in [6.07, 6.45) is 2.86. The minimum absolute atomic E-state index is 0.0381. The number of hydroxylamine groups is 1. The molecule has 0 saturated carbocycles. The van der Waals surface area contributed by atoms with Crippen LogP contribution in [0.1, 0.15) is 17.5 Å². The van der Waals surface area contributed by atoms with Gasteiger partial charge in [0.05, 0.1) is 18.6 Å². The molecule has 2 aromatic heterocycles. The molecule has 0 fully saturated rings. The van der Waals surface area contributed by atoms with Crippen molar-refractivity contribution in [1.29, 1.82) is 0 Å². The van der Waals surface area contributed by atoms with Gasteiger partial charge in [-0.25, -0.2) is 14.3 Å². The number of ether oxygens (including phenoxy) is 1. The Labute approximate surface area is 189 Å². The van der Waals surface area contributed by atoms with Gasteiger partial charge < -0.3 is 19.6 Å². The molecule has 0 aliphatic carbocycles. The number of hydrogen-bond donors (Lipinski definition) is 3. The monoisotopic (exact) mass is 545 g/mol. The highest BCUT2D eigenvalue weighted by molar-refractivity contribution is 14.1. The normalized spacial score (nSPS) is 11.9. The number of anilines is 2. The predicted octanol–water partition coefficient (Wildman–Crippen LogP) is 4.80. The lowest BCUT2D eigenvalue weighted by atomic mass is 10.2. The van der Waals surface area contributed by atoms with Gasteiger partial charge >= 0.3 is 5.91 Å². The third-order valence-corrected chi connectivity index (χ3v) is 4.64. The van der Waals surface area contributed by atoms with Crippen LogP contribution in [0, 0.1) is 21.1 Å². The SMILES string of the molecule is C=C(O)OC[C@@H](C)CONC(=O)c1oc2ccncc2c1Nc1c(F)cc(I)cc1F. The van der Waals surface area contributed by atoms with E-state index >= 15 is 0 Å². The first kappa shape index (κ1) is 22.7. The topological polar surface area (TPSA) is 106 Å². The lowest BCUT2D eigenvalue weighted by Crippen LogP contribution is -2.27. The molecule has 1 aromatic carbocycles. The molecular weight excluding hydrogens is 527 g/mol. The van der Waals surface area contributed by atoms with Crippen LogP contribution in [-0.4, -0.2) is 29.2 Å². The van der Waals surface area contributed by atoms with E-state index in [-0.39, 0.29) is 36.2 Å². The highest BCUT2D eigenvalue weighted by atomic mass is 127. The number of pyridine rings is 1. The molecule has 1 amide bonds. The quantitative estimate of drug-likeness (QED) is 0.202. The number of hydrogen-bond acceptors (Lipinski definition) is 7. The fraction of sp³-hybridized carbons (Fsp3) is 0.200. The van der Waals surface area contributed by atoms with Crippen molar-refractivity contribution >= 4 is 50.8 Å². The van der Waals surface area contributed by atoms with Gasteiger partial charge in [-0.15, -0.1) is 0 Å². The van der Waals surface area contributed by atoms with Crippen molar-refractivity contribution in [1.82, 2.24) is 10.5 Å². The van der Waals surface area contributed by atoms with Gasteiger partial charge in [0.2, 0.25) is 5.76 Å². The smallest absolute Gasteiger partial charge is 0.312 e. The van der Waals surface area contributed by atoms with Crippen molar-refractivity contribution in [3.8, 4) is 0 Å². The largest absolute Gasteiger partial charge is 0.481 e. The molecule has 1 atom stereocenters. The molecule has 3 rings (SSSR count). The Hall–Kier alpha value is -2.93. The summed E-state index contributed by atoms with van der Waals surface area (Å²) in [5.74, 6) is -3.28. The highest BCUT2D eigenvalue weighted by Gasteiger charge is 2.24. The molecule has 3 N–H and O–H groups in total. The van der Waals surface area contributed by atoms with Crippen LogP contribution in [0.5, 0.6) is 0 Å². The van der Waals surface area contributed by atoms with Gasteiger partial charge in [-0.2, -0.15) is 0 Å². The number of benzene rings is 1. The molecule has 0 aliphatic heterocycles. The molecule has 0 spiro atoms. The molecule has 0 unspecified atom stereocenters. The van der Waals surface area contributed by atoms with Gasteiger partial charge in [0.15, 0.2) is 11.6 Å². The van der Waals surface area contributed by atoms with E-state index in [9.17, 15) is 13.6 Å². The number of rotatable bonds is 9. The number of furan rings is 1. The number of aromatic nitrogens is 1. The summed E-state index contributed by atoms with van der Waals surface area (Å²) in [6.45, 7) is 5.15. The van der Waals surface area contributed by atoms with E-state index in [0.29, 0.717) is 8.96 Å². The number of carbonyl (C=O) groups excluding carboxylic acids is 1. The summed E-state index contributed by atoms with van der Waals surface area (Å²) >= 11 is 1.79. The molecule has 3 aromatic rings.